The highest BCUT2D eigenvalue weighted by molar-refractivity contribution is 6.00. The first-order valence-corrected chi connectivity index (χ1v) is 6.65. The molecule has 0 saturated carbocycles. The summed E-state index contributed by atoms with van der Waals surface area (Å²) in [6, 6.07) is 6.53. The van der Waals surface area contributed by atoms with E-state index in [-0.39, 0.29) is 11.3 Å². The lowest BCUT2D eigenvalue weighted by Gasteiger charge is -2.05. The van der Waals surface area contributed by atoms with E-state index in [1.54, 1.807) is 24.3 Å². The number of nitrogens with one attached hydrogen (secondary N) is 1. The maximum Gasteiger partial charge on any atom is 0.338 e. The lowest BCUT2D eigenvalue weighted by Crippen LogP contribution is -2.02. The van der Waals surface area contributed by atoms with Gasteiger partial charge < -0.3 is 14.8 Å². The van der Waals surface area contributed by atoms with Crippen molar-refractivity contribution in [2.75, 3.05) is 7.11 Å². The van der Waals surface area contributed by atoms with E-state index in [9.17, 15) is 19.5 Å². The van der Waals surface area contributed by atoms with E-state index in [0.29, 0.717) is 35.1 Å². The fourth-order valence-corrected chi connectivity index (χ4v) is 2.38. The number of carbonyl (C=O) groups is 3. The Kier molecular flexibility index (Phi) is 4.41. The molecule has 1 aromatic carbocycles. The summed E-state index contributed by atoms with van der Waals surface area (Å²) in [5.41, 5.74) is 2.24. The average Bonchev–Trinajstić information content (AvgIpc) is 2.93. The summed E-state index contributed by atoms with van der Waals surface area (Å²) in [6.45, 7) is 1.82. The van der Waals surface area contributed by atoms with E-state index in [4.69, 9.17) is 0 Å². The molecule has 0 amide bonds. The quantitative estimate of drug-likeness (QED) is 0.653. The van der Waals surface area contributed by atoms with Crippen LogP contribution in [0, 0.1) is 0 Å². The summed E-state index contributed by atoms with van der Waals surface area (Å²) in [5.74, 6) is -1.60. The molecule has 0 fully saturated rings. The lowest BCUT2D eigenvalue weighted by atomic mass is 10.0. The van der Waals surface area contributed by atoms with E-state index in [2.05, 4.69) is 9.72 Å². The number of rotatable bonds is 5. The topological polar surface area (TPSA) is 96.5 Å². The number of aromatic carboxylic acids is 1. The van der Waals surface area contributed by atoms with Crippen molar-refractivity contribution in [2.45, 2.75) is 13.3 Å². The zero-order valence-corrected chi connectivity index (χ0v) is 12.2. The number of H-pyrrole nitrogens is 1. The largest absolute Gasteiger partial charge is 0.478 e. The normalized spacial score (nSPS) is 10.3. The zero-order valence-electron chi connectivity index (χ0n) is 12.2. The van der Waals surface area contributed by atoms with Crippen LogP contribution in [0.5, 0.6) is 0 Å². The number of methoxy groups -OCH3 is 1. The molecule has 22 heavy (non-hydrogen) atoms. The molecule has 0 radical (unpaired) electrons. The van der Waals surface area contributed by atoms with Gasteiger partial charge in [0.1, 0.15) is 0 Å². The monoisotopic (exact) mass is 301 g/mol. The summed E-state index contributed by atoms with van der Waals surface area (Å²) in [7, 11) is 1.30. The lowest BCUT2D eigenvalue weighted by molar-refractivity contribution is 0.0599. The summed E-state index contributed by atoms with van der Waals surface area (Å²) in [5, 5.41) is 9.28. The van der Waals surface area contributed by atoms with E-state index in [0.717, 1.165) is 0 Å². The Morgan fingerprint density at radius 1 is 1.27 bits per heavy atom. The fraction of sp³-hybridized carbons (Fsp3) is 0.188. The van der Waals surface area contributed by atoms with Crippen molar-refractivity contribution in [3.63, 3.8) is 0 Å². The van der Waals surface area contributed by atoms with Gasteiger partial charge in [-0.3, -0.25) is 4.79 Å². The fourth-order valence-electron chi connectivity index (χ4n) is 2.38. The maximum absolute atomic E-state index is 11.4. The first-order valence-electron chi connectivity index (χ1n) is 6.65. The minimum Gasteiger partial charge on any atom is -0.478 e. The third-order valence-electron chi connectivity index (χ3n) is 3.41. The Hall–Kier alpha value is -2.89. The van der Waals surface area contributed by atoms with Gasteiger partial charge in [-0.05, 0) is 29.7 Å². The van der Waals surface area contributed by atoms with Gasteiger partial charge in [-0.1, -0.05) is 19.1 Å². The molecule has 0 spiro atoms. The van der Waals surface area contributed by atoms with Crippen LogP contribution in [0.1, 0.15) is 43.7 Å². The van der Waals surface area contributed by atoms with Crippen LogP contribution in [0.4, 0.5) is 0 Å². The predicted octanol–water partition coefficient (Wildman–Crippen LogP) is 2.54. The van der Waals surface area contributed by atoms with Gasteiger partial charge in [0.2, 0.25) is 0 Å². The SMILES string of the molecule is CCc1c(-c2ccc(C(=O)OC)cc2)[nH]c(C=O)c1C(=O)O. The number of aromatic amines is 1. The Morgan fingerprint density at radius 3 is 2.36 bits per heavy atom. The Morgan fingerprint density at radius 2 is 1.91 bits per heavy atom. The number of aldehydes is 1. The number of esters is 1. The molecule has 2 N–H and O–H groups in total. The molecule has 0 bridgehead atoms. The van der Waals surface area contributed by atoms with Crippen LogP contribution in [0.2, 0.25) is 0 Å². The molecule has 0 aliphatic rings. The van der Waals surface area contributed by atoms with Crippen LogP contribution in [-0.2, 0) is 11.2 Å². The van der Waals surface area contributed by atoms with Gasteiger partial charge in [0.15, 0.2) is 6.29 Å². The number of carboxylic acid groups (broad SMARTS) is 1. The van der Waals surface area contributed by atoms with Crippen molar-refractivity contribution in [3.05, 3.63) is 46.6 Å². The number of carbonyl (C=O) groups excluding carboxylic acids is 2. The minimum atomic E-state index is -1.15. The van der Waals surface area contributed by atoms with Gasteiger partial charge in [0, 0.05) is 0 Å². The zero-order chi connectivity index (χ0) is 16.3. The molecule has 1 heterocycles. The minimum absolute atomic E-state index is 0.00968. The van der Waals surface area contributed by atoms with E-state index in [1.165, 1.54) is 7.11 Å². The van der Waals surface area contributed by atoms with Gasteiger partial charge in [-0.2, -0.15) is 0 Å². The van der Waals surface area contributed by atoms with Crippen LogP contribution >= 0.6 is 0 Å². The number of aromatic nitrogens is 1. The molecule has 6 heteroatoms. The van der Waals surface area contributed by atoms with E-state index in [1.807, 2.05) is 6.92 Å². The van der Waals surface area contributed by atoms with Crippen molar-refractivity contribution < 1.29 is 24.2 Å². The maximum atomic E-state index is 11.4. The molecule has 2 rings (SSSR count). The summed E-state index contributed by atoms with van der Waals surface area (Å²) in [4.78, 5) is 36.7. The molecule has 2 aromatic rings. The highest BCUT2D eigenvalue weighted by atomic mass is 16.5. The third kappa shape index (κ3) is 2.63. The number of benzene rings is 1. The molecule has 0 saturated heterocycles. The molecular weight excluding hydrogens is 286 g/mol. The Labute approximate surface area is 126 Å². The van der Waals surface area contributed by atoms with Crippen molar-refractivity contribution in [2.24, 2.45) is 0 Å². The summed E-state index contributed by atoms with van der Waals surface area (Å²) in [6.07, 6.45) is 0.953. The van der Waals surface area contributed by atoms with E-state index < -0.39 is 11.9 Å². The van der Waals surface area contributed by atoms with Crippen LogP contribution in [0.3, 0.4) is 0 Å². The highest BCUT2D eigenvalue weighted by Crippen LogP contribution is 2.28. The number of hydrogen-bond acceptors (Lipinski definition) is 4. The second kappa shape index (κ2) is 6.26. The van der Waals surface area contributed by atoms with Gasteiger partial charge in [-0.15, -0.1) is 0 Å². The first kappa shape index (κ1) is 15.5. The van der Waals surface area contributed by atoms with Crippen LogP contribution < -0.4 is 0 Å². The average molecular weight is 301 g/mol. The molecule has 0 unspecified atom stereocenters. The Bertz CT molecular complexity index is 728. The van der Waals surface area contributed by atoms with E-state index >= 15 is 0 Å². The highest BCUT2D eigenvalue weighted by Gasteiger charge is 2.22. The van der Waals surface area contributed by atoms with Crippen molar-refractivity contribution in [3.8, 4) is 11.3 Å². The molecule has 0 aliphatic carbocycles. The van der Waals surface area contributed by atoms with Crippen LogP contribution in [0.25, 0.3) is 11.3 Å². The second-order valence-electron chi connectivity index (χ2n) is 4.61. The number of ether oxygens (including phenoxy) is 1. The van der Waals surface area contributed by atoms with Crippen molar-refractivity contribution in [1.82, 2.24) is 4.98 Å². The molecule has 114 valence electrons. The van der Waals surface area contributed by atoms with Crippen molar-refractivity contribution in [1.29, 1.82) is 0 Å². The smallest absolute Gasteiger partial charge is 0.338 e. The summed E-state index contributed by atoms with van der Waals surface area (Å²) >= 11 is 0. The predicted molar refractivity (Wildman–Crippen MR) is 79.3 cm³/mol. The van der Waals surface area contributed by atoms with Gasteiger partial charge in [-0.25, -0.2) is 9.59 Å². The number of hydrogen-bond donors (Lipinski definition) is 2. The molecule has 1 aromatic heterocycles. The molecular formula is C16H15NO5. The van der Waals surface area contributed by atoms with Gasteiger partial charge in [0.05, 0.1) is 29.6 Å². The number of carboxylic acids is 1. The van der Waals surface area contributed by atoms with Gasteiger partial charge in [0.25, 0.3) is 0 Å². The molecule has 6 nitrogen and oxygen atoms in total. The van der Waals surface area contributed by atoms with Crippen molar-refractivity contribution >= 4 is 18.2 Å². The molecule has 0 atom stereocenters. The van der Waals surface area contributed by atoms with Crippen LogP contribution in [-0.4, -0.2) is 35.4 Å². The van der Waals surface area contributed by atoms with Gasteiger partial charge >= 0.3 is 11.9 Å². The third-order valence-corrected chi connectivity index (χ3v) is 3.41. The summed E-state index contributed by atoms with van der Waals surface area (Å²) < 4.78 is 4.63. The first-order chi connectivity index (χ1) is 10.5. The van der Waals surface area contributed by atoms with Crippen LogP contribution in [0.15, 0.2) is 24.3 Å². The Balaban J connectivity index is 2.55. The second-order valence-corrected chi connectivity index (χ2v) is 4.61. The molecule has 0 aliphatic heterocycles. The standard InChI is InChI=1S/C16H15NO5/c1-3-11-13(15(19)20)12(8-18)17-14(11)9-4-6-10(7-5-9)16(21)22-2/h4-8,17H,3H2,1-2H3,(H,19,20).